The summed E-state index contributed by atoms with van der Waals surface area (Å²) >= 11 is 3.25. The van der Waals surface area contributed by atoms with Crippen molar-refractivity contribution in [2.24, 2.45) is 0 Å². The Balaban J connectivity index is 1.38. The van der Waals surface area contributed by atoms with Crippen molar-refractivity contribution in [1.82, 2.24) is 9.97 Å². The number of nitrogens with zero attached hydrogens (tertiary/aromatic N) is 2. The molecule has 0 aliphatic carbocycles. The molecule has 0 saturated carbocycles. The van der Waals surface area contributed by atoms with Crippen LogP contribution in [0.4, 0.5) is 0 Å². The Hall–Kier alpha value is -5.42. The molecule has 2 aromatic heterocycles. The average molecular weight is 623 g/mol. The van der Waals surface area contributed by atoms with Crippen LogP contribution < -0.4 is 0 Å². The van der Waals surface area contributed by atoms with Crippen LogP contribution in [0.25, 0.3) is 88.2 Å². The average Bonchev–Trinajstić information content (AvgIpc) is 3.86. The molecule has 0 spiro atoms. The molecule has 2 heterocycles. The summed E-state index contributed by atoms with van der Waals surface area (Å²) in [6.45, 7) is 0. The number of fused-ring (bicyclic) bond motifs is 3. The van der Waals surface area contributed by atoms with Crippen LogP contribution >= 0.6 is 22.7 Å². The zero-order chi connectivity index (χ0) is 30.5. The molecule has 0 N–H and O–H groups in total. The van der Waals surface area contributed by atoms with Gasteiger partial charge in [0.2, 0.25) is 0 Å². The van der Waals surface area contributed by atoms with Crippen LogP contribution in [0, 0.1) is 0 Å². The van der Waals surface area contributed by atoms with Gasteiger partial charge >= 0.3 is 0 Å². The van der Waals surface area contributed by atoms with Gasteiger partial charge in [0.1, 0.15) is 0 Å². The molecule has 9 aromatic rings. The van der Waals surface area contributed by atoms with Crippen molar-refractivity contribution < 1.29 is 0 Å². The lowest BCUT2D eigenvalue weighted by Gasteiger charge is -2.19. The molecule has 4 heteroatoms. The van der Waals surface area contributed by atoms with Crippen molar-refractivity contribution in [2.75, 3.05) is 0 Å². The first-order valence-corrected chi connectivity index (χ1v) is 17.1. The van der Waals surface area contributed by atoms with E-state index in [4.69, 9.17) is 0 Å². The quantitative estimate of drug-likeness (QED) is 0.178. The van der Waals surface area contributed by atoms with Gasteiger partial charge in [0.25, 0.3) is 0 Å². The maximum atomic E-state index is 4.63. The van der Waals surface area contributed by atoms with E-state index in [-0.39, 0.29) is 0 Å². The minimum Gasteiger partial charge on any atom is -0.245 e. The van der Waals surface area contributed by atoms with E-state index in [0.29, 0.717) is 0 Å². The second-order valence-electron chi connectivity index (χ2n) is 11.5. The molecular weight excluding hydrogens is 597 g/mol. The maximum absolute atomic E-state index is 4.63. The first-order chi connectivity index (χ1) is 22.8. The van der Waals surface area contributed by atoms with Crippen LogP contribution in [0.2, 0.25) is 0 Å². The Morgan fingerprint density at radius 1 is 0.370 bits per heavy atom. The van der Waals surface area contributed by atoms with Gasteiger partial charge in [-0.3, -0.25) is 0 Å². The van der Waals surface area contributed by atoms with Gasteiger partial charge in [0.15, 0.2) is 0 Å². The summed E-state index contributed by atoms with van der Waals surface area (Å²) in [4.78, 5) is 9.24. The van der Waals surface area contributed by atoms with E-state index < -0.39 is 0 Å². The molecule has 0 atom stereocenters. The van der Waals surface area contributed by atoms with Crippen LogP contribution in [-0.2, 0) is 0 Å². The van der Waals surface area contributed by atoms with Crippen LogP contribution in [-0.4, -0.2) is 9.97 Å². The molecule has 46 heavy (non-hydrogen) atoms. The van der Waals surface area contributed by atoms with Gasteiger partial charge in [-0.2, -0.15) is 0 Å². The zero-order valence-corrected chi connectivity index (χ0v) is 26.4. The third-order valence-corrected chi connectivity index (χ3v) is 10.1. The SMILES string of the molecule is c1cc(-c2cscn2)cc(-c2c3ccccc3c(-c3cccc(-c4cscn4)c3)c3cc(-c4cccc5ccccc45)ccc23)c1. The van der Waals surface area contributed by atoms with Crippen molar-refractivity contribution in [1.29, 1.82) is 0 Å². The van der Waals surface area contributed by atoms with Crippen molar-refractivity contribution in [3.8, 4) is 55.9 Å². The van der Waals surface area contributed by atoms with Gasteiger partial charge in [-0.1, -0.05) is 115 Å². The molecule has 0 saturated heterocycles. The second-order valence-corrected chi connectivity index (χ2v) is 12.9. The van der Waals surface area contributed by atoms with Gasteiger partial charge < -0.3 is 0 Å². The molecule has 0 amide bonds. The van der Waals surface area contributed by atoms with E-state index in [1.807, 2.05) is 11.0 Å². The summed E-state index contributed by atoms with van der Waals surface area (Å²) in [5, 5.41) is 11.7. The number of hydrogen-bond donors (Lipinski definition) is 0. The standard InChI is InChI=1S/C42H26N2S2/c1-2-14-33-27(8-1)9-7-17-34(33)28-18-19-37-38(22-28)42(32-13-6-11-30(21-32)40-24-46-26-44-40)36-16-4-3-15-35(36)41(37)31-12-5-10-29(20-31)39-23-45-25-43-39/h1-26H. The van der Waals surface area contributed by atoms with Crippen LogP contribution in [0.3, 0.4) is 0 Å². The highest BCUT2D eigenvalue weighted by Crippen LogP contribution is 2.46. The lowest BCUT2D eigenvalue weighted by Crippen LogP contribution is -1.93. The van der Waals surface area contributed by atoms with Gasteiger partial charge in [-0.15, -0.1) is 22.7 Å². The molecule has 2 nitrogen and oxygen atoms in total. The van der Waals surface area contributed by atoms with Crippen LogP contribution in [0.5, 0.6) is 0 Å². The Morgan fingerprint density at radius 3 is 1.52 bits per heavy atom. The molecule has 216 valence electrons. The van der Waals surface area contributed by atoms with Gasteiger partial charge in [0.05, 0.1) is 22.4 Å². The minimum atomic E-state index is 1.01. The largest absolute Gasteiger partial charge is 0.245 e. The molecule has 0 unspecified atom stereocenters. The second kappa shape index (κ2) is 11.2. The van der Waals surface area contributed by atoms with Gasteiger partial charge in [-0.25, -0.2) is 9.97 Å². The summed E-state index contributed by atoms with van der Waals surface area (Å²) in [6, 6.07) is 48.8. The number of benzene rings is 7. The summed E-state index contributed by atoms with van der Waals surface area (Å²) in [6.07, 6.45) is 0. The highest BCUT2D eigenvalue weighted by Gasteiger charge is 2.19. The topological polar surface area (TPSA) is 25.8 Å². The molecule has 0 aliphatic rings. The number of rotatable bonds is 5. The molecule has 7 aromatic carbocycles. The molecule has 0 fully saturated rings. The van der Waals surface area contributed by atoms with Gasteiger partial charge in [-0.05, 0) is 83.9 Å². The van der Waals surface area contributed by atoms with Crippen molar-refractivity contribution in [2.45, 2.75) is 0 Å². The normalized spacial score (nSPS) is 11.5. The molecular formula is C42H26N2S2. The molecule has 0 bridgehead atoms. The first kappa shape index (κ1) is 26.9. The third-order valence-electron chi connectivity index (χ3n) is 8.88. The summed E-state index contributed by atoms with van der Waals surface area (Å²) in [5.41, 5.74) is 15.4. The fourth-order valence-corrected chi connectivity index (χ4v) is 7.95. The first-order valence-electron chi connectivity index (χ1n) is 15.3. The van der Waals surface area contributed by atoms with E-state index >= 15 is 0 Å². The molecule has 0 aliphatic heterocycles. The lowest BCUT2D eigenvalue weighted by molar-refractivity contribution is 1.41. The number of thiazole rings is 2. The third kappa shape index (κ3) is 4.54. The van der Waals surface area contributed by atoms with Crippen LogP contribution in [0.1, 0.15) is 0 Å². The lowest BCUT2D eigenvalue weighted by atomic mass is 9.84. The Kier molecular flexibility index (Phi) is 6.55. The van der Waals surface area contributed by atoms with Crippen LogP contribution in [0.15, 0.2) is 155 Å². The smallest absolute Gasteiger partial charge is 0.0811 e. The van der Waals surface area contributed by atoms with E-state index in [1.54, 1.807) is 22.7 Å². The summed E-state index contributed by atoms with van der Waals surface area (Å²) in [7, 11) is 0. The highest BCUT2D eigenvalue weighted by atomic mass is 32.1. The summed E-state index contributed by atoms with van der Waals surface area (Å²) in [5.74, 6) is 0. The van der Waals surface area contributed by atoms with E-state index in [1.165, 1.54) is 65.7 Å². The monoisotopic (exact) mass is 622 g/mol. The van der Waals surface area contributed by atoms with E-state index in [9.17, 15) is 0 Å². The van der Waals surface area contributed by atoms with Crippen molar-refractivity contribution in [3.05, 3.63) is 155 Å². The van der Waals surface area contributed by atoms with E-state index in [0.717, 1.165) is 22.5 Å². The highest BCUT2D eigenvalue weighted by molar-refractivity contribution is 7.08. The van der Waals surface area contributed by atoms with Gasteiger partial charge in [0, 0.05) is 21.9 Å². The fraction of sp³-hybridized carbons (Fsp3) is 0. The minimum absolute atomic E-state index is 1.01. The number of aromatic nitrogens is 2. The van der Waals surface area contributed by atoms with E-state index in [2.05, 4.69) is 154 Å². The predicted octanol–water partition coefficient (Wildman–Crippen LogP) is 12.4. The molecule has 0 radical (unpaired) electrons. The number of hydrogen-bond acceptors (Lipinski definition) is 4. The summed E-state index contributed by atoms with van der Waals surface area (Å²) < 4.78 is 0. The fourth-order valence-electron chi connectivity index (χ4n) is 6.82. The predicted molar refractivity (Wildman–Crippen MR) is 197 cm³/mol. The Bertz CT molecular complexity index is 2520. The van der Waals surface area contributed by atoms with Crippen molar-refractivity contribution in [3.63, 3.8) is 0 Å². The Morgan fingerprint density at radius 2 is 0.891 bits per heavy atom. The molecule has 9 rings (SSSR count). The maximum Gasteiger partial charge on any atom is 0.0811 e. The van der Waals surface area contributed by atoms with Crippen molar-refractivity contribution >= 4 is 55.0 Å². The zero-order valence-electron chi connectivity index (χ0n) is 24.7. The Labute approximate surface area is 274 Å².